The summed E-state index contributed by atoms with van der Waals surface area (Å²) < 4.78 is 4.78. The molecule has 2 aliphatic rings. The summed E-state index contributed by atoms with van der Waals surface area (Å²) in [6.45, 7) is 11.1. The molecule has 0 unspecified atom stereocenters. The quantitative estimate of drug-likeness (QED) is 0.671. The molecule has 28 heavy (non-hydrogen) atoms. The van der Waals surface area contributed by atoms with E-state index < -0.39 is 0 Å². The summed E-state index contributed by atoms with van der Waals surface area (Å²) in [6, 6.07) is 19.1. The number of benzene rings is 1. The monoisotopic (exact) mass is 374 g/mol. The fourth-order valence-corrected chi connectivity index (χ4v) is 4.91. The van der Waals surface area contributed by atoms with Crippen LogP contribution < -0.4 is 0 Å². The molecule has 2 atom stereocenters. The van der Waals surface area contributed by atoms with E-state index in [9.17, 15) is 0 Å². The molecule has 4 heteroatoms. The normalized spacial score (nSPS) is 22.8. The van der Waals surface area contributed by atoms with Gasteiger partial charge in [-0.05, 0) is 49.2 Å². The van der Waals surface area contributed by atoms with E-state index in [1.54, 1.807) is 0 Å². The largest absolute Gasteiger partial charge is 0.349 e. The van der Waals surface area contributed by atoms with Gasteiger partial charge in [0, 0.05) is 75.1 Å². The first kappa shape index (κ1) is 17.8. The lowest BCUT2D eigenvalue weighted by Gasteiger charge is -2.35. The van der Waals surface area contributed by atoms with Crippen LogP contribution in [0.1, 0.15) is 48.4 Å². The van der Waals surface area contributed by atoms with Crippen LogP contribution in [0.3, 0.4) is 0 Å². The average Bonchev–Trinajstić information content (AvgIpc) is 3.37. The van der Waals surface area contributed by atoms with Crippen LogP contribution in [-0.2, 0) is 26.2 Å². The number of fused-ring (bicyclic) bond motifs is 2. The maximum absolute atomic E-state index is 2.59. The lowest BCUT2D eigenvalue weighted by Crippen LogP contribution is -2.36. The molecule has 0 aliphatic carbocycles. The highest BCUT2D eigenvalue weighted by Crippen LogP contribution is 2.28. The van der Waals surface area contributed by atoms with Gasteiger partial charge in [0.2, 0.25) is 0 Å². The Morgan fingerprint density at radius 2 is 1.07 bits per heavy atom. The predicted molar refractivity (Wildman–Crippen MR) is 113 cm³/mol. The third kappa shape index (κ3) is 3.21. The standard InChI is InChI=1S/C24H30N4/c1-19-23-5-3-11-25(23)13-15-27(19)17-21-7-9-22(10-8-21)18-28-16-14-26-12-4-6-24(26)20(28)2/h3-12,19-20H,13-18H2,1-2H3/t19-,20+. The highest BCUT2D eigenvalue weighted by Gasteiger charge is 2.24. The Morgan fingerprint density at radius 3 is 1.50 bits per heavy atom. The molecule has 3 aromatic rings. The van der Waals surface area contributed by atoms with Gasteiger partial charge in [-0.2, -0.15) is 0 Å². The Morgan fingerprint density at radius 1 is 0.643 bits per heavy atom. The van der Waals surface area contributed by atoms with Gasteiger partial charge in [0.15, 0.2) is 0 Å². The van der Waals surface area contributed by atoms with Gasteiger partial charge in [0.25, 0.3) is 0 Å². The molecule has 4 heterocycles. The molecule has 5 rings (SSSR count). The number of hydrogen-bond acceptors (Lipinski definition) is 2. The van der Waals surface area contributed by atoms with Crippen molar-refractivity contribution in [2.75, 3.05) is 13.1 Å². The highest BCUT2D eigenvalue weighted by atomic mass is 15.2. The Balaban J connectivity index is 1.23. The summed E-state index contributed by atoms with van der Waals surface area (Å²) in [4.78, 5) is 5.18. The Hall–Kier alpha value is -2.30. The van der Waals surface area contributed by atoms with Crippen molar-refractivity contribution >= 4 is 0 Å². The molecule has 0 saturated carbocycles. The second kappa shape index (κ2) is 7.26. The molecule has 0 amide bonds. The molecule has 0 saturated heterocycles. The zero-order valence-electron chi connectivity index (χ0n) is 17.0. The van der Waals surface area contributed by atoms with E-state index in [0.717, 1.165) is 39.3 Å². The van der Waals surface area contributed by atoms with Crippen molar-refractivity contribution in [1.29, 1.82) is 0 Å². The van der Waals surface area contributed by atoms with E-state index in [-0.39, 0.29) is 0 Å². The van der Waals surface area contributed by atoms with E-state index in [1.165, 1.54) is 22.5 Å². The van der Waals surface area contributed by atoms with Crippen LogP contribution >= 0.6 is 0 Å². The van der Waals surface area contributed by atoms with Gasteiger partial charge in [0.05, 0.1) is 0 Å². The molecular weight excluding hydrogens is 344 g/mol. The van der Waals surface area contributed by atoms with Crippen molar-refractivity contribution in [2.45, 2.75) is 52.1 Å². The van der Waals surface area contributed by atoms with E-state index in [0.29, 0.717) is 12.1 Å². The Bertz CT molecular complexity index is 858. The molecule has 4 nitrogen and oxygen atoms in total. The van der Waals surface area contributed by atoms with Crippen LogP contribution in [0, 0.1) is 0 Å². The third-order valence-corrected chi connectivity index (χ3v) is 6.73. The third-order valence-electron chi connectivity index (χ3n) is 6.73. The lowest BCUT2D eigenvalue weighted by atomic mass is 10.1. The summed E-state index contributed by atoms with van der Waals surface area (Å²) in [5.74, 6) is 0. The number of rotatable bonds is 4. The summed E-state index contributed by atoms with van der Waals surface area (Å²) in [5.41, 5.74) is 5.70. The van der Waals surface area contributed by atoms with Gasteiger partial charge < -0.3 is 9.13 Å². The molecule has 0 N–H and O–H groups in total. The van der Waals surface area contributed by atoms with Crippen LogP contribution in [0.2, 0.25) is 0 Å². The van der Waals surface area contributed by atoms with Crippen molar-refractivity contribution in [1.82, 2.24) is 18.9 Å². The molecular formula is C24H30N4. The van der Waals surface area contributed by atoms with Crippen molar-refractivity contribution in [3.05, 3.63) is 83.4 Å². The van der Waals surface area contributed by atoms with Gasteiger partial charge in [-0.15, -0.1) is 0 Å². The van der Waals surface area contributed by atoms with E-state index in [1.807, 2.05) is 0 Å². The van der Waals surface area contributed by atoms with Crippen LogP contribution in [0.25, 0.3) is 0 Å². The van der Waals surface area contributed by atoms with Crippen LogP contribution in [0.15, 0.2) is 60.9 Å². The van der Waals surface area contributed by atoms with E-state index in [2.05, 4.69) is 93.7 Å². The number of hydrogen-bond donors (Lipinski definition) is 0. The molecule has 0 fully saturated rings. The Labute approximate surface area is 168 Å². The van der Waals surface area contributed by atoms with Crippen molar-refractivity contribution in [3.63, 3.8) is 0 Å². The fourth-order valence-electron chi connectivity index (χ4n) is 4.91. The minimum absolute atomic E-state index is 0.480. The summed E-state index contributed by atoms with van der Waals surface area (Å²) in [6.07, 6.45) is 4.41. The highest BCUT2D eigenvalue weighted by molar-refractivity contribution is 5.24. The topological polar surface area (TPSA) is 16.3 Å². The summed E-state index contributed by atoms with van der Waals surface area (Å²) in [7, 11) is 0. The van der Waals surface area contributed by atoms with Crippen molar-refractivity contribution in [3.8, 4) is 0 Å². The van der Waals surface area contributed by atoms with E-state index >= 15 is 0 Å². The minimum atomic E-state index is 0.480. The second-order valence-electron chi connectivity index (χ2n) is 8.36. The smallest absolute Gasteiger partial charge is 0.0476 e. The Kier molecular flexibility index (Phi) is 4.61. The van der Waals surface area contributed by atoms with Gasteiger partial charge in [-0.25, -0.2) is 0 Å². The van der Waals surface area contributed by atoms with Crippen molar-refractivity contribution < 1.29 is 0 Å². The van der Waals surface area contributed by atoms with Gasteiger partial charge in [-0.1, -0.05) is 24.3 Å². The minimum Gasteiger partial charge on any atom is -0.349 e. The van der Waals surface area contributed by atoms with Gasteiger partial charge >= 0.3 is 0 Å². The van der Waals surface area contributed by atoms with Gasteiger partial charge in [0.1, 0.15) is 0 Å². The zero-order valence-corrected chi connectivity index (χ0v) is 17.0. The fraction of sp³-hybridized carbons (Fsp3) is 0.417. The van der Waals surface area contributed by atoms with E-state index in [4.69, 9.17) is 0 Å². The average molecular weight is 375 g/mol. The van der Waals surface area contributed by atoms with Gasteiger partial charge in [-0.3, -0.25) is 9.80 Å². The number of nitrogens with zero attached hydrogens (tertiary/aromatic N) is 4. The predicted octanol–water partition coefficient (Wildman–Crippen LogP) is 4.44. The molecule has 0 spiro atoms. The molecule has 2 aromatic heterocycles. The maximum Gasteiger partial charge on any atom is 0.0476 e. The molecule has 1 aromatic carbocycles. The van der Waals surface area contributed by atoms with Crippen LogP contribution in [0.5, 0.6) is 0 Å². The molecule has 146 valence electrons. The lowest BCUT2D eigenvalue weighted by molar-refractivity contribution is 0.159. The maximum atomic E-state index is 2.59. The summed E-state index contributed by atoms with van der Waals surface area (Å²) in [5, 5.41) is 0. The van der Waals surface area contributed by atoms with Crippen LogP contribution in [0.4, 0.5) is 0 Å². The zero-order chi connectivity index (χ0) is 19.1. The first-order valence-corrected chi connectivity index (χ1v) is 10.5. The van der Waals surface area contributed by atoms with Crippen LogP contribution in [-0.4, -0.2) is 32.0 Å². The first-order chi connectivity index (χ1) is 13.7. The molecule has 0 bridgehead atoms. The first-order valence-electron chi connectivity index (χ1n) is 10.5. The molecule has 0 radical (unpaired) electrons. The summed E-state index contributed by atoms with van der Waals surface area (Å²) >= 11 is 0. The second-order valence-corrected chi connectivity index (χ2v) is 8.36. The number of aromatic nitrogens is 2. The SMILES string of the molecule is C[C@@H]1c2cccn2CCN1Cc1ccc(CN2CCn3cccc3[C@@H]2C)cc1. The molecule has 2 aliphatic heterocycles. The van der Waals surface area contributed by atoms with Crippen molar-refractivity contribution in [2.24, 2.45) is 0 Å².